The fraction of sp³-hybridized carbons (Fsp3) is 0. The molecular weight excluding hydrogens is 326 g/mol. The minimum Gasteiger partial charge on any atom is -0.477 e. The highest BCUT2D eigenvalue weighted by Gasteiger charge is 2.26. The standard InChI is InChI=1S/C15H10ClNO4S/c16-11-6-7-13-10(8-11)9-14(15(18)19)17(13)22(20,21)12-4-2-1-3-5-12/h1-9H,(H,18,19). The van der Waals surface area contributed by atoms with Gasteiger partial charge in [-0.05, 0) is 36.4 Å². The van der Waals surface area contributed by atoms with Crippen LogP contribution in [-0.4, -0.2) is 23.5 Å². The van der Waals surface area contributed by atoms with E-state index in [4.69, 9.17) is 11.6 Å². The Kier molecular flexibility index (Phi) is 3.42. The lowest BCUT2D eigenvalue weighted by atomic mass is 10.2. The number of carboxylic acids is 1. The zero-order chi connectivity index (χ0) is 15.9. The largest absolute Gasteiger partial charge is 0.477 e. The molecule has 0 atom stereocenters. The minimum absolute atomic E-state index is 0.0185. The number of rotatable bonds is 3. The van der Waals surface area contributed by atoms with Crippen molar-refractivity contribution in [3.8, 4) is 0 Å². The molecule has 112 valence electrons. The summed E-state index contributed by atoms with van der Waals surface area (Å²) in [6.07, 6.45) is 0. The van der Waals surface area contributed by atoms with E-state index in [1.165, 1.54) is 36.4 Å². The predicted molar refractivity (Wildman–Crippen MR) is 82.9 cm³/mol. The molecule has 0 unspecified atom stereocenters. The van der Waals surface area contributed by atoms with Crippen molar-refractivity contribution in [2.75, 3.05) is 0 Å². The molecule has 0 saturated carbocycles. The lowest BCUT2D eigenvalue weighted by molar-refractivity contribution is 0.0689. The number of aromatic nitrogens is 1. The van der Waals surface area contributed by atoms with Crippen molar-refractivity contribution in [2.45, 2.75) is 4.90 Å². The number of hydrogen-bond donors (Lipinski definition) is 1. The van der Waals surface area contributed by atoms with Gasteiger partial charge in [0.25, 0.3) is 10.0 Å². The maximum absolute atomic E-state index is 12.8. The number of carboxylic acid groups (broad SMARTS) is 1. The fourth-order valence-corrected chi connectivity index (χ4v) is 3.97. The van der Waals surface area contributed by atoms with Crippen molar-refractivity contribution < 1.29 is 18.3 Å². The highest BCUT2D eigenvalue weighted by Crippen LogP contribution is 2.27. The number of halogens is 1. The van der Waals surface area contributed by atoms with Crippen LogP contribution in [-0.2, 0) is 10.0 Å². The van der Waals surface area contributed by atoms with E-state index in [9.17, 15) is 18.3 Å². The Balaban J connectivity index is 2.39. The Bertz CT molecular complexity index is 977. The van der Waals surface area contributed by atoms with Crippen LogP contribution in [0.3, 0.4) is 0 Å². The Hall–Kier alpha value is -2.31. The summed E-state index contributed by atoms with van der Waals surface area (Å²) in [6.45, 7) is 0. The van der Waals surface area contributed by atoms with Gasteiger partial charge in [0.1, 0.15) is 5.69 Å². The van der Waals surface area contributed by atoms with Crippen LogP contribution in [0.25, 0.3) is 10.9 Å². The molecule has 0 aliphatic rings. The second kappa shape index (κ2) is 5.15. The van der Waals surface area contributed by atoms with Crippen LogP contribution in [0.5, 0.6) is 0 Å². The zero-order valence-corrected chi connectivity index (χ0v) is 12.7. The van der Waals surface area contributed by atoms with Crippen LogP contribution in [0.1, 0.15) is 10.5 Å². The van der Waals surface area contributed by atoms with Gasteiger partial charge in [0.05, 0.1) is 10.4 Å². The van der Waals surface area contributed by atoms with Crippen molar-refractivity contribution in [3.05, 3.63) is 65.3 Å². The van der Waals surface area contributed by atoms with E-state index >= 15 is 0 Å². The first-order valence-electron chi connectivity index (χ1n) is 6.26. The van der Waals surface area contributed by atoms with Crippen LogP contribution >= 0.6 is 11.6 Å². The number of aromatic carboxylic acids is 1. The molecule has 0 bridgehead atoms. The molecule has 0 saturated heterocycles. The molecule has 3 aromatic rings. The van der Waals surface area contributed by atoms with Crippen LogP contribution in [0.2, 0.25) is 5.02 Å². The Morgan fingerprint density at radius 2 is 1.73 bits per heavy atom. The van der Waals surface area contributed by atoms with E-state index in [1.54, 1.807) is 18.2 Å². The van der Waals surface area contributed by atoms with Crippen LogP contribution in [0, 0.1) is 0 Å². The van der Waals surface area contributed by atoms with E-state index in [2.05, 4.69) is 0 Å². The lowest BCUT2D eigenvalue weighted by Gasteiger charge is -2.09. The fourth-order valence-electron chi connectivity index (χ4n) is 2.27. The number of nitrogens with zero attached hydrogens (tertiary/aromatic N) is 1. The average Bonchev–Trinajstić information content (AvgIpc) is 2.87. The third-order valence-electron chi connectivity index (χ3n) is 3.22. The van der Waals surface area contributed by atoms with Crippen molar-refractivity contribution in [1.29, 1.82) is 0 Å². The molecule has 1 N–H and O–H groups in total. The normalized spacial score (nSPS) is 11.7. The summed E-state index contributed by atoms with van der Waals surface area (Å²) in [5.74, 6) is -1.33. The van der Waals surface area contributed by atoms with Gasteiger partial charge in [0, 0.05) is 10.4 Å². The van der Waals surface area contributed by atoms with Gasteiger partial charge in [0.15, 0.2) is 0 Å². The van der Waals surface area contributed by atoms with E-state index in [-0.39, 0.29) is 16.1 Å². The highest BCUT2D eigenvalue weighted by atomic mass is 35.5. The Morgan fingerprint density at radius 3 is 2.36 bits per heavy atom. The molecule has 0 spiro atoms. The van der Waals surface area contributed by atoms with E-state index in [0.29, 0.717) is 10.4 Å². The third kappa shape index (κ3) is 2.26. The van der Waals surface area contributed by atoms with Gasteiger partial charge in [-0.25, -0.2) is 17.2 Å². The van der Waals surface area contributed by atoms with Gasteiger partial charge in [-0.3, -0.25) is 0 Å². The molecule has 1 heterocycles. The second-order valence-corrected chi connectivity index (χ2v) is 6.84. The Morgan fingerprint density at radius 1 is 1.05 bits per heavy atom. The predicted octanol–water partition coefficient (Wildman–Crippen LogP) is 3.23. The first-order valence-corrected chi connectivity index (χ1v) is 8.08. The second-order valence-electron chi connectivity index (χ2n) is 4.62. The molecule has 0 aliphatic carbocycles. The topological polar surface area (TPSA) is 76.4 Å². The van der Waals surface area contributed by atoms with Crippen molar-refractivity contribution in [1.82, 2.24) is 3.97 Å². The molecular formula is C15H10ClNO4S. The first-order chi connectivity index (χ1) is 10.4. The zero-order valence-electron chi connectivity index (χ0n) is 11.1. The third-order valence-corrected chi connectivity index (χ3v) is 5.20. The van der Waals surface area contributed by atoms with E-state index in [1.807, 2.05) is 0 Å². The number of carbonyl (C=O) groups is 1. The number of fused-ring (bicyclic) bond motifs is 1. The van der Waals surface area contributed by atoms with E-state index in [0.717, 1.165) is 3.97 Å². The van der Waals surface area contributed by atoms with Crippen molar-refractivity contribution in [3.63, 3.8) is 0 Å². The molecule has 0 fully saturated rings. The highest BCUT2D eigenvalue weighted by molar-refractivity contribution is 7.90. The summed E-state index contributed by atoms with van der Waals surface area (Å²) in [4.78, 5) is 11.5. The van der Waals surface area contributed by atoms with Gasteiger partial charge in [0.2, 0.25) is 0 Å². The summed E-state index contributed by atoms with van der Waals surface area (Å²) in [5, 5.41) is 10.2. The van der Waals surface area contributed by atoms with Gasteiger partial charge < -0.3 is 5.11 Å². The summed E-state index contributed by atoms with van der Waals surface area (Å²) in [6, 6.07) is 13.5. The number of hydrogen-bond acceptors (Lipinski definition) is 3. The van der Waals surface area contributed by atoms with Gasteiger partial charge in [-0.2, -0.15) is 0 Å². The number of benzene rings is 2. The Labute approximate surface area is 131 Å². The lowest BCUT2D eigenvalue weighted by Crippen LogP contribution is -2.18. The molecule has 22 heavy (non-hydrogen) atoms. The molecule has 2 aromatic carbocycles. The minimum atomic E-state index is -4.02. The summed E-state index contributed by atoms with van der Waals surface area (Å²) >= 11 is 5.88. The van der Waals surface area contributed by atoms with Gasteiger partial charge in [-0.1, -0.05) is 29.8 Å². The molecule has 3 rings (SSSR count). The van der Waals surface area contributed by atoms with E-state index < -0.39 is 16.0 Å². The summed E-state index contributed by atoms with van der Waals surface area (Å²) in [7, 11) is -4.02. The monoisotopic (exact) mass is 335 g/mol. The van der Waals surface area contributed by atoms with Crippen LogP contribution in [0.4, 0.5) is 0 Å². The SMILES string of the molecule is O=C(O)c1cc2cc(Cl)ccc2n1S(=O)(=O)c1ccccc1. The van der Waals surface area contributed by atoms with Crippen molar-refractivity contribution >= 4 is 38.5 Å². The molecule has 0 radical (unpaired) electrons. The van der Waals surface area contributed by atoms with Crippen LogP contribution < -0.4 is 0 Å². The van der Waals surface area contributed by atoms with Crippen LogP contribution in [0.15, 0.2) is 59.5 Å². The van der Waals surface area contributed by atoms with Crippen molar-refractivity contribution in [2.24, 2.45) is 0 Å². The van der Waals surface area contributed by atoms with Gasteiger partial charge >= 0.3 is 5.97 Å². The average molecular weight is 336 g/mol. The quantitative estimate of drug-likeness (QED) is 0.797. The molecule has 0 amide bonds. The maximum atomic E-state index is 12.8. The molecule has 1 aromatic heterocycles. The molecule has 5 nitrogen and oxygen atoms in total. The summed E-state index contributed by atoms with van der Waals surface area (Å²) < 4.78 is 26.4. The molecule has 7 heteroatoms. The first kappa shape index (κ1) is 14.6. The summed E-state index contributed by atoms with van der Waals surface area (Å²) in [5.41, 5.74) is -0.0632. The smallest absolute Gasteiger partial charge is 0.353 e. The van der Waals surface area contributed by atoms with Gasteiger partial charge in [-0.15, -0.1) is 0 Å². The maximum Gasteiger partial charge on any atom is 0.353 e. The molecule has 0 aliphatic heterocycles.